The zero-order valence-corrected chi connectivity index (χ0v) is 15.6. The van der Waals surface area contributed by atoms with Crippen LogP contribution in [0.2, 0.25) is 0 Å². The van der Waals surface area contributed by atoms with E-state index in [2.05, 4.69) is 17.6 Å². The monoisotopic (exact) mass is 344 g/mol. The molecule has 4 heteroatoms. The molecule has 1 aliphatic carbocycles. The number of carbonyl (C=O) groups is 2. The average Bonchev–Trinajstić information content (AvgIpc) is 2.66. The first-order chi connectivity index (χ1) is 12.1. The minimum absolute atomic E-state index is 0.0216. The number of amides is 2. The Bertz CT molecular complexity index is 536. The summed E-state index contributed by atoms with van der Waals surface area (Å²) in [4.78, 5) is 24.7. The van der Waals surface area contributed by atoms with Crippen molar-refractivity contribution in [3.63, 3.8) is 0 Å². The van der Waals surface area contributed by atoms with E-state index in [0.717, 1.165) is 57.1 Å². The Labute approximate surface area is 151 Å². The molecule has 1 fully saturated rings. The van der Waals surface area contributed by atoms with Crippen LogP contribution in [-0.2, 0) is 9.59 Å². The lowest BCUT2D eigenvalue weighted by molar-refractivity contribution is -0.130. The predicted octanol–water partition coefficient (Wildman–Crippen LogP) is 3.98. The highest BCUT2D eigenvalue weighted by Crippen LogP contribution is 2.29. The average molecular weight is 344 g/mol. The van der Waals surface area contributed by atoms with Gasteiger partial charge in [-0.25, -0.2) is 0 Å². The first kappa shape index (κ1) is 19.5. The van der Waals surface area contributed by atoms with Crippen molar-refractivity contribution in [3.8, 4) is 0 Å². The lowest BCUT2D eigenvalue weighted by Crippen LogP contribution is -2.38. The van der Waals surface area contributed by atoms with Gasteiger partial charge < -0.3 is 10.6 Å². The molecule has 0 spiro atoms. The fraction of sp³-hybridized carbons (Fsp3) is 0.619. The predicted molar refractivity (Wildman–Crippen MR) is 101 cm³/mol. The number of carbonyl (C=O) groups excluding carboxylic acids is 2. The van der Waals surface area contributed by atoms with Gasteiger partial charge in [-0.05, 0) is 44.6 Å². The highest BCUT2D eigenvalue weighted by Gasteiger charge is 2.30. The molecule has 1 aliphatic rings. The summed E-state index contributed by atoms with van der Waals surface area (Å²) in [6.07, 6.45) is 6.62. The molecular formula is C21H32N2O2. The van der Waals surface area contributed by atoms with Gasteiger partial charge in [0.25, 0.3) is 0 Å². The Balaban J connectivity index is 1.72. The SMILES string of the molecule is CCCCCNC(=O)C1CCC(C(=O)NC(C)c2ccccc2)CC1. The Morgan fingerprint density at radius 1 is 1.00 bits per heavy atom. The third-order valence-corrected chi connectivity index (χ3v) is 5.21. The fourth-order valence-electron chi connectivity index (χ4n) is 3.51. The minimum Gasteiger partial charge on any atom is -0.356 e. The van der Waals surface area contributed by atoms with Crippen LogP contribution in [0.1, 0.15) is 70.4 Å². The van der Waals surface area contributed by atoms with Crippen LogP contribution in [0, 0.1) is 11.8 Å². The number of unbranched alkanes of at least 4 members (excludes halogenated alkanes) is 2. The summed E-state index contributed by atoms with van der Waals surface area (Å²) < 4.78 is 0. The second-order valence-corrected chi connectivity index (χ2v) is 7.19. The maximum Gasteiger partial charge on any atom is 0.223 e. The lowest BCUT2D eigenvalue weighted by Gasteiger charge is -2.28. The molecule has 1 aromatic carbocycles. The van der Waals surface area contributed by atoms with Crippen LogP contribution in [0.5, 0.6) is 0 Å². The molecule has 0 saturated heterocycles. The van der Waals surface area contributed by atoms with E-state index in [9.17, 15) is 9.59 Å². The first-order valence-electron chi connectivity index (χ1n) is 9.74. The molecule has 1 aromatic rings. The summed E-state index contributed by atoms with van der Waals surface area (Å²) in [5.41, 5.74) is 1.12. The van der Waals surface area contributed by atoms with Gasteiger partial charge in [-0.1, -0.05) is 50.1 Å². The van der Waals surface area contributed by atoms with Crippen molar-refractivity contribution in [2.75, 3.05) is 6.54 Å². The molecule has 2 amide bonds. The van der Waals surface area contributed by atoms with Crippen molar-refractivity contribution < 1.29 is 9.59 Å². The van der Waals surface area contributed by atoms with Crippen molar-refractivity contribution in [1.82, 2.24) is 10.6 Å². The summed E-state index contributed by atoms with van der Waals surface area (Å²) in [5, 5.41) is 6.16. The van der Waals surface area contributed by atoms with Crippen LogP contribution in [0.3, 0.4) is 0 Å². The number of hydrogen-bond donors (Lipinski definition) is 2. The van der Waals surface area contributed by atoms with E-state index in [1.165, 1.54) is 0 Å². The largest absolute Gasteiger partial charge is 0.356 e. The Hall–Kier alpha value is -1.84. The fourth-order valence-corrected chi connectivity index (χ4v) is 3.51. The van der Waals surface area contributed by atoms with Crippen molar-refractivity contribution in [2.45, 2.75) is 64.8 Å². The smallest absolute Gasteiger partial charge is 0.223 e. The maximum absolute atomic E-state index is 12.5. The topological polar surface area (TPSA) is 58.2 Å². The maximum atomic E-state index is 12.5. The zero-order chi connectivity index (χ0) is 18.1. The van der Waals surface area contributed by atoms with Gasteiger partial charge >= 0.3 is 0 Å². The van der Waals surface area contributed by atoms with Gasteiger partial charge in [0.15, 0.2) is 0 Å². The van der Waals surface area contributed by atoms with Crippen molar-refractivity contribution in [1.29, 1.82) is 0 Å². The number of hydrogen-bond acceptors (Lipinski definition) is 2. The van der Waals surface area contributed by atoms with Crippen molar-refractivity contribution in [3.05, 3.63) is 35.9 Å². The molecule has 0 heterocycles. The zero-order valence-electron chi connectivity index (χ0n) is 15.6. The highest BCUT2D eigenvalue weighted by atomic mass is 16.2. The van der Waals surface area contributed by atoms with Gasteiger partial charge in [0.05, 0.1) is 6.04 Å². The summed E-state index contributed by atoms with van der Waals surface area (Å²) in [5.74, 6) is 0.415. The third kappa shape index (κ3) is 6.18. The van der Waals surface area contributed by atoms with E-state index in [-0.39, 0.29) is 29.7 Å². The quantitative estimate of drug-likeness (QED) is 0.701. The molecule has 1 saturated carbocycles. The van der Waals surface area contributed by atoms with Gasteiger partial charge in [0, 0.05) is 18.4 Å². The first-order valence-corrected chi connectivity index (χ1v) is 9.74. The van der Waals surface area contributed by atoms with Gasteiger partial charge in [-0.3, -0.25) is 9.59 Å². The highest BCUT2D eigenvalue weighted by molar-refractivity contribution is 5.81. The molecule has 0 radical (unpaired) electrons. The van der Waals surface area contributed by atoms with E-state index >= 15 is 0 Å². The molecule has 2 rings (SSSR count). The number of nitrogens with one attached hydrogen (secondary N) is 2. The summed E-state index contributed by atoms with van der Waals surface area (Å²) in [6, 6.07) is 10.0. The second kappa shape index (κ2) is 10.2. The van der Waals surface area contributed by atoms with Gasteiger partial charge in [0.2, 0.25) is 11.8 Å². The number of rotatable bonds is 8. The van der Waals surface area contributed by atoms with Crippen molar-refractivity contribution >= 4 is 11.8 Å². The Morgan fingerprint density at radius 3 is 2.20 bits per heavy atom. The normalized spacial score (nSPS) is 21.4. The molecule has 2 N–H and O–H groups in total. The molecule has 0 aliphatic heterocycles. The number of benzene rings is 1. The van der Waals surface area contributed by atoms with Crippen LogP contribution >= 0.6 is 0 Å². The standard InChI is InChI=1S/C21H32N2O2/c1-3-4-8-15-22-20(24)18-11-13-19(14-12-18)21(25)23-16(2)17-9-6-5-7-10-17/h5-7,9-10,16,18-19H,3-4,8,11-15H2,1-2H3,(H,22,24)(H,23,25). The molecule has 4 nitrogen and oxygen atoms in total. The summed E-state index contributed by atoms with van der Waals surface area (Å²) in [6.45, 7) is 4.96. The summed E-state index contributed by atoms with van der Waals surface area (Å²) >= 11 is 0. The Morgan fingerprint density at radius 2 is 1.60 bits per heavy atom. The van der Waals surface area contributed by atoms with Gasteiger partial charge in [-0.15, -0.1) is 0 Å². The van der Waals surface area contributed by atoms with Crippen LogP contribution in [0.4, 0.5) is 0 Å². The van der Waals surface area contributed by atoms with Crippen LogP contribution in [0.25, 0.3) is 0 Å². The van der Waals surface area contributed by atoms with E-state index in [0.29, 0.717) is 0 Å². The van der Waals surface area contributed by atoms with E-state index in [1.807, 2.05) is 37.3 Å². The van der Waals surface area contributed by atoms with E-state index < -0.39 is 0 Å². The molecule has 1 atom stereocenters. The second-order valence-electron chi connectivity index (χ2n) is 7.19. The van der Waals surface area contributed by atoms with Crippen LogP contribution in [0.15, 0.2) is 30.3 Å². The van der Waals surface area contributed by atoms with Gasteiger partial charge in [0.1, 0.15) is 0 Å². The van der Waals surface area contributed by atoms with Crippen LogP contribution in [-0.4, -0.2) is 18.4 Å². The molecule has 25 heavy (non-hydrogen) atoms. The van der Waals surface area contributed by atoms with E-state index in [1.54, 1.807) is 0 Å². The third-order valence-electron chi connectivity index (χ3n) is 5.21. The van der Waals surface area contributed by atoms with Crippen LogP contribution < -0.4 is 10.6 Å². The Kier molecular flexibility index (Phi) is 7.96. The minimum atomic E-state index is 0.0216. The van der Waals surface area contributed by atoms with Crippen molar-refractivity contribution in [2.24, 2.45) is 11.8 Å². The molecule has 138 valence electrons. The summed E-state index contributed by atoms with van der Waals surface area (Å²) in [7, 11) is 0. The van der Waals surface area contributed by atoms with Gasteiger partial charge in [-0.2, -0.15) is 0 Å². The molecule has 1 unspecified atom stereocenters. The molecule has 0 bridgehead atoms. The van der Waals surface area contributed by atoms with E-state index in [4.69, 9.17) is 0 Å². The molecule has 0 aromatic heterocycles. The molecular weight excluding hydrogens is 312 g/mol. The lowest BCUT2D eigenvalue weighted by atomic mass is 9.81.